The van der Waals surface area contributed by atoms with E-state index in [9.17, 15) is 9.59 Å². The molecule has 1 N–H and O–H groups in total. The Bertz CT molecular complexity index is 1020. The number of hydrogen-bond acceptors (Lipinski definition) is 4. The maximum Gasteiger partial charge on any atom is 0.277 e. The van der Waals surface area contributed by atoms with E-state index in [1.807, 2.05) is 61.2 Å². The van der Waals surface area contributed by atoms with Crippen molar-refractivity contribution in [2.45, 2.75) is 20.3 Å². The van der Waals surface area contributed by atoms with Gasteiger partial charge in [-0.05, 0) is 30.2 Å². The first-order valence-corrected chi connectivity index (χ1v) is 9.30. The van der Waals surface area contributed by atoms with E-state index in [1.165, 1.54) is 0 Å². The van der Waals surface area contributed by atoms with E-state index in [4.69, 9.17) is 4.52 Å². The molecule has 28 heavy (non-hydrogen) atoms. The molecule has 2 heterocycles. The standard InChI is InChI=1S/C22H21N3O3/c1-14(2)22(27)25-11-10-16-12-17(8-9-19(16)25)23-21(26)18-13-20(28-24-18)15-6-4-3-5-7-15/h3-9,12-14H,10-11H2,1-2H3,(H,23,26). The maximum atomic E-state index is 12.5. The van der Waals surface area contributed by atoms with Crippen molar-refractivity contribution < 1.29 is 14.1 Å². The molecule has 0 bridgehead atoms. The van der Waals surface area contributed by atoms with Gasteiger partial charge < -0.3 is 14.7 Å². The van der Waals surface area contributed by atoms with E-state index >= 15 is 0 Å². The Balaban J connectivity index is 1.49. The van der Waals surface area contributed by atoms with Gasteiger partial charge in [0.2, 0.25) is 5.91 Å². The third-order valence-corrected chi connectivity index (χ3v) is 4.79. The van der Waals surface area contributed by atoms with E-state index in [1.54, 1.807) is 12.1 Å². The highest BCUT2D eigenvalue weighted by Gasteiger charge is 2.26. The summed E-state index contributed by atoms with van der Waals surface area (Å²) in [5.74, 6) is 0.282. The molecule has 4 rings (SSSR count). The Hall–Kier alpha value is -3.41. The van der Waals surface area contributed by atoms with Crippen LogP contribution in [0.3, 0.4) is 0 Å². The zero-order chi connectivity index (χ0) is 19.7. The number of aromatic nitrogens is 1. The second kappa shape index (κ2) is 7.31. The highest BCUT2D eigenvalue weighted by molar-refractivity contribution is 6.04. The summed E-state index contributed by atoms with van der Waals surface area (Å²) in [5.41, 5.74) is 3.73. The zero-order valence-corrected chi connectivity index (χ0v) is 15.8. The summed E-state index contributed by atoms with van der Waals surface area (Å²) < 4.78 is 5.29. The van der Waals surface area contributed by atoms with Gasteiger partial charge in [0.15, 0.2) is 11.5 Å². The summed E-state index contributed by atoms with van der Waals surface area (Å²) in [6.07, 6.45) is 0.777. The second-order valence-electron chi connectivity index (χ2n) is 7.13. The van der Waals surface area contributed by atoms with Crippen LogP contribution in [0, 0.1) is 5.92 Å². The maximum absolute atomic E-state index is 12.5. The van der Waals surface area contributed by atoms with Gasteiger partial charge in [-0.15, -0.1) is 0 Å². The van der Waals surface area contributed by atoms with Gasteiger partial charge in [0.25, 0.3) is 5.91 Å². The van der Waals surface area contributed by atoms with Gasteiger partial charge in [-0.25, -0.2) is 0 Å². The molecular formula is C22H21N3O3. The molecule has 0 spiro atoms. The number of anilines is 2. The Morgan fingerprint density at radius 1 is 1.11 bits per heavy atom. The van der Waals surface area contributed by atoms with Gasteiger partial charge in [0.1, 0.15) is 0 Å². The van der Waals surface area contributed by atoms with E-state index in [0.29, 0.717) is 18.0 Å². The lowest BCUT2D eigenvalue weighted by Crippen LogP contribution is -2.32. The van der Waals surface area contributed by atoms with Crippen molar-refractivity contribution in [2.24, 2.45) is 5.92 Å². The third-order valence-electron chi connectivity index (χ3n) is 4.79. The van der Waals surface area contributed by atoms with Crippen LogP contribution in [-0.2, 0) is 11.2 Å². The van der Waals surface area contributed by atoms with Gasteiger partial charge in [-0.2, -0.15) is 0 Å². The van der Waals surface area contributed by atoms with Gasteiger partial charge in [-0.3, -0.25) is 9.59 Å². The third kappa shape index (κ3) is 3.41. The van der Waals surface area contributed by atoms with Crippen molar-refractivity contribution in [1.82, 2.24) is 5.16 Å². The SMILES string of the molecule is CC(C)C(=O)N1CCc2cc(NC(=O)c3cc(-c4ccccc4)on3)ccc21. The average molecular weight is 375 g/mol. The van der Waals surface area contributed by atoms with Gasteiger partial charge in [0, 0.05) is 35.5 Å². The number of rotatable bonds is 4. The van der Waals surface area contributed by atoms with E-state index in [0.717, 1.165) is 23.2 Å². The van der Waals surface area contributed by atoms with Crippen LogP contribution in [0.1, 0.15) is 29.9 Å². The van der Waals surface area contributed by atoms with Gasteiger partial charge >= 0.3 is 0 Å². The van der Waals surface area contributed by atoms with Crippen LogP contribution >= 0.6 is 0 Å². The Kier molecular flexibility index (Phi) is 4.69. The van der Waals surface area contributed by atoms with Crippen molar-refractivity contribution in [2.75, 3.05) is 16.8 Å². The van der Waals surface area contributed by atoms with Crippen LogP contribution in [0.25, 0.3) is 11.3 Å². The smallest absolute Gasteiger partial charge is 0.277 e. The minimum absolute atomic E-state index is 0.0451. The van der Waals surface area contributed by atoms with Crippen LogP contribution < -0.4 is 10.2 Å². The number of nitrogens with zero attached hydrogens (tertiary/aromatic N) is 2. The topological polar surface area (TPSA) is 75.4 Å². The molecule has 1 aliphatic heterocycles. The molecule has 0 atom stereocenters. The molecule has 0 saturated heterocycles. The minimum Gasteiger partial charge on any atom is -0.355 e. The number of carbonyl (C=O) groups excluding carboxylic acids is 2. The summed E-state index contributed by atoms with van der Waals surface area (Å²) in [6.45, 7) is 4.47. The molecule has 2 aromatic carbocycles. The predicted octanol–water partition coefficient (Wildman–Crippen LogP) is 4.14. The minimum atomic E-state index is -0.334. The molecule has 6 heteroatoms. The summed E-state index contributed by atoms with van der Waals surface area (Å²) in [4.78, 5) is 26.6. The van der Waals surface area contributed by atoms with Gasteiger partial charge in [0.05, 0.1) is 0 Å². The lowest BCUT2D eigenvalue weighted by molar-refractivity contribution is -0.121. The van der Waals surface area contributed by atoms with Crippen LogP contribution in [0.4, 0.5) is 11.4 Å². The van der Waals surface area contributed by atoms with Crippen molar-refractivity contribution in [3.63, 3.8) is 0 Å². The summed E-state index contributed by atoms with van der Waals surface area (Å²) in [6, 6.07) is 16.7. The van der Waals surface area contributed by atoms with Crippen molar-refractivity contribution in [3.8, 4) is 11.3 Å². The molecule has 1 aliphatic rings. The molecule has 0 aliphatic carbocycles. The van der Waals surface area contributed by atoms with Crippen LogP contribution in [-0.4, -0.2) is 23.5 Å². The highest BCUT2D eigenvalue weighted by atomic mass is 16.5. The largest absolute Gasteiger partial charge is 0.355 e. The predicted molar refractivity (Wildman–Crippen MR) is 107 cm³/mol. The lowest BCUT2D eigenvalue weighted by Gasteiger charge is -2.19. The lowest BCUT2D eigenvalue weighted by atomic mass is 10.1. The summed E-state index contributed by atoms with van der Waals surface area (Å²) >= 11 is 0. The van der Waals surface area contributed by atoms with Crippen molar-refractivity contribution in [1.29, 1.82) is 0 Å². The number of amides is 2. The normalized spacial score (nSPS) is 12.9. The summed E-state index contributed by atoms with van der Waals surface area (Å²) in [5, 5.41) is 6.73. The molecule has 3 aromatic rings. The van der Waals surface area contributed by atoms with E-state index in [2.05, 4.69) is 10.5 Å². The molecule has 0 radical (unpaired) electrons. The number of carbonyl (C=O) groups is 2. The Morgan fingerprint density at radius 2 is 1.89 bits per heavy atom. The number of benzene rings is 2. The van der Waals surface area contributed by atoms with Gasteiger partial charge in [-0.1, -0.05) is 49.3 Å². The average Bonchev–Trinajstić information content (AvgIpc) is 3.35. The van der Waals surface area contributed by atoms with Crippen molar-refractivity contribution in [3.05, 3.63) is 65.9 Å². The fraction of sp³-hybridized carbons (Fsp3) is 0.227. The fourth-order valence-electron chi connectivity index (χ4n) is 3.34. The first-order chi connectivity index (χ1) is 13.5. The van der Waals surface area contributed by atoms with Crippen molar-refractivity contribution >= 4 is 23.2 Å². The number of fused-ring (bicyclic) bond motifs is 1. The number of nitrogens with one attached hydrogen (secondary N) is 1. The second-order valence-corrected chi connectivity index (χ2v) is 7.13. The molecular weight excluding hydrogens is 354 g/mol. The monoisotopic (exact) mass is 375 g/mol. The van der Waals surface area contributed by atoms with E-state index < -0.39 is 0 Å². The first-order valence-electron chi connectivity index (χ1n) is 9.30. The molecule has 0 fully saturated rings. The molecule has 142 valence electrons. The van der Waals surface area contributed by atoms with Crippen LogP contribution in [0.5, 0.6) is 0 Å². The molecule has 6 nitrogen and oxygen atoms in total. The molecule has 0 saturated carbocycles. The van der Waals surface area contributed by atoms with Crippen LogP contribution in [0.15, 0.2) is 59.1 Å². The molecule has 2 amide bonds. The fourth-order valence-corrected chi connectivity index (χ4v) is 3.34. The summed E-state index contributed by atoms with van der Waals surface area (Å²) in [7, 11) is 0. The Morgan fingerprint density at radius 3 is 2.64 bits per heavy atom. The van der Waals surface area contributed by atoms with Crippen LogP contribution in [0.2, 0.25) is 0 Å². The first kappa shape index (κ1) is 18.0. The zero-order valence-electron chi connectivity index (χ0n) is 15.8. The molecule has 1 aromatic heterocycles. The quantitative estimate of drug-likeness (QED) is 0.744. The van der Waals surface area contributed by atoms with E-state index in [-0.39, 0.29) is 23.4 Å². The Labute approximate surface area is 163 Å². The number of hydrogen-bond donors (Lipinski definition) is 1. The highest BCUT2D eigenvalue weighted by Crippen LogP contribution is 2.31. The molecule has 0 unspecified atom stereocenters.